The van der Waals surface area contributed by atoms with Crippen molar-refractivity contribution in [3.63, 3.8) is 0 Å². The van der Waals surface area contributed by atoms with Gasteiger partial charge in [-0.1, -0.05) is 12.1 Å². The summed E-state index contributed by atoms with van der Waals surface area (Å²) in [6.45, 7) is 0. The van der Waals surface area contributed by atoms with Crippen molar-refractivity contribution < 1.29 is 15.0 Å². The third-order valence-electron chi connectivity index (χ3n) is 3.16. The molecule has 6 nitrogen and oxygen atoms in total. The molecule has 2 N–H and O–H groups in total. The Kier molecular flexibility index (Phi) is 4.03. The molecule has 3 rings (SSSR count). The van der Waals surface area contributed by atoms with Gasteiger partial charge in [0, 0.05) is 13.2 Å². The van der Waals surface area contributed by atoms with Crippen molar-refractivity contribution in [2.45, 2.75) is 0 Å². The number of aromatic hydroxyl groups is 2. The monoisotopic (exact) mass is 327 g/mol. The lowest BCUT2D eigenvalue weighted by molar-refractivity contribution is -0.121. The van der Waals surface area contributed by atoms with Crippen LogP contribution in [0.4, 0.5) is 5.82 Å². The van der Waals surface area contributed by atoms with Crippen LogP contribution in [0.1, 0.15) is 5.56 Å². The van der Waals surface area contributed by atoms with Crippen LogP contribution in [0.3, 0.4) is 0 Å². The summed E-state index contributed by atoms with van der Waals surface area (Å²) in [5.41, 5.74) is 0.614. The Morgan fingerprint density at radius 1 is 1.22 bits per heavy atom. The average Bonchev–Trinajstić information content (AvgIpc) is 2.80. The lowest BCUT2D eigenvalue weighted by Gasteiger charge is -2.06. The van der Waals surface area contributed by atoms with Gasteiger partial charge in [-0.25, -0.2) is 9.98 Å². The molecule has 0 aliphatic carbocycles. The van der Waals surface area contributed by atoms with Crippen LogP contribution in [0, 0.1) is 0 Å². The van der Waals surface area contributed by atoms with Crippen molar-refractivity contribution in [1.29, 1.82) is 0 Å². The Balaban J connectivity index is 1.90. The van der Waals surface area contributed by atoms with E-state index in [1.165, 1.54) is 28.8 Å². The van der Waals surface area contributed by atoms with Crippen molar-refractivity contribution in [2.75, 3.05) is 7.05 Å². The van der Waals surface area contributed by atoms with Gasteiger partial charge in [0.25, 0.3) is 5.91 Å². The molecule has 1 saturated heterocycles. The zero-order valence-corrected chi connectivity index (χ0v) is 13.0. The van der Waals surface area contributed by atoms with Gasteiger partial charge in [0.2, 0.25) is 0 Å². The van der Waals surface area contributed by atoms with Crippen LogP contribution in [0.5, 0.6) is 11.5 Å². The maximum absolute atomic E-state index is 12.3. The van der Waals surface area contributed by atoms with Crippen LogP contribution in [0.15, 0.2) is 52.5 Å². The molecule has 1 aliphatic rings. The number of aliphatic imine (C=N–C) groups is 1. The maximum atomic E-state index is 12.3. The first-order valence-corrected chi connectivity index (χ1v) is 7.55. The standard InChI is InChI=1S/C16H13N3O3S/c1-19-15(22)13(9-10-5-6-11(20)12(21)8-10)23-16(19)18-14-4-2-3-7-17-14/h2-9,20-21H,1H3/b13-9-,18-16+. The number of phenolic OH excluding ortho intramolecular Hbond substituents is 2. The highest BCUT2D eigenvalue weighted by Gasteiger charge is 2.30. The van der Waals surface area contributed by atoms with Crippen LogP contribution in [0.2, 0.25) is 0 Å². The number of rotatable bonds is 2. The molecule has 0 radical (unpaired) electrons. The molecule has 0 unspecified atom stereocenters. The van der Waals surface area contributed by atoms with Gasteiger partial charge in [0.15, 0.2) is 22.5 Å². The summed E-state index contributed by atoms with van der Waals surface area (Å²) in [6.07, 6.45) is 3.28. The second-order valence-corrected chi connectivity index (χ2v) is 5.81. The maximum Gasteiger partial charge on any atom is 0.266 e. The molecule has 0 saturated carbocycles. The van der Waals surface area contributed by atoms with Crippen LogP contribution < -0.4 is 0 Å². The molecule has 1 fully saturated rings. The quantitative estimate of drug-likeness (QED) is 0.654. The number of thioether (sulfide) groups is 1. The van der Waals surface area contributed by atoms with Crippen LogP contribution in [-0.2, 0) is 4.79 Å². The predicted molar refractivity (Wildman–Crippen MR) is 89.4 cm³/mol. The number of nitrogens with zero attached hydrogens (tertiary/aromatic N) is 3. The number of hydrogen-bond donors (Lipinski definition) is 2. The molecule has 1 amide bonds. The first-order valence-electron chi connectivity index (χ1n) is 6.74. The van der Waals surface area contributed by atoms with Crippen LogP contribution in [0.25, 0.3) is 6.08 Å². The number of aromatic nitrogens is 1. The van der Waals surface area contributed by atoms with E-state index in [1.807, 2.05) is 6.07 Å². The molecule has 23 heavy (non-hydrogen) atoms. The Hall–Kier alpha value is -2.80. The van der Waals surface area contributed by atoms with Gasteiger partial charge in [-0.15, -0.1) is 0 Å². The minimum atomic E-state index is -0.231. The van der Waals surface area contributed by atoms with Crippen molar-refractivity contribution in [1.82, 2.24) is 9.88 Å². The van der Waals surface area contributed by atoms with Crippen LogP contribution >= 0.6 is 11.8 Å². The molecule has 1 aromatic carbocycles. The highest BCUT2D eigenvalue weighted by molar-refractivity contribution is 8.18. The fourth-order valence-electron chi connectivity index (χ4n) is 1.95. The number of carbonyl (C=O) groups is 1. The molecule has 116 valence electrons. The summed E-state index contributed by atoms with van der Waals surface area (Å²) in [5.74, 6) is -0.0898. The van der Waals surface area contributed by atoms with E-state index in [4.69, 9.17) is 0 Å². The Morgan fingerprint density at radius 3 is 2.74 bits per heavy atom. The van der Waals surface area contributed by atoms with E-state index in [0.29, 0.717) is 21.5 Å². The van der Waals surface area contributed by atoms with Gasteiger partial charge >= 0.3 is 0 Å². The number of hydrogen-bond acceptors (Lipinski definition) is 6. The van der Waals surface area contributed by atoms with Crippen LogP contribution in [-0.4, -0.2) is 38.2 Å². The first-order chi connectivity index (χ1) is 11.0. The SMILES string of the molecule is CN1C(=O)/C(=C/c2ccc(O)c(O)c2)S/C1=N/c1ccccn1. The molecule has 1 aromatic heterocycles. The van der Waals surface area contributed by atoms with E-state index in [2.05, 4.69) is 9.98 Å². The van der Waals surface area contributed by atoms with E-state index in [9.17, 15) is 15.0 Å². The van der Waals surface area contributed by atoms with Gasteiger partial charge in [-0.2, -0.15) is 0 Å². The Morgan fingerprint density at radius 2 is 2.04 bits per heavy atom. The summed E-state index contributed by atoms with van der Waals surface area (Å²) in [6, 6.07) is 9.75. The van der Waals surface area contributed by atoms with Crippen molar-refractivity contribution in [3.8, 4) is 11.5 Å². The second kappa shape index (κ2) is 6.13. The second-order valence-electron chi connectivity index (χ2n) is 4.81. The number of amides is 1. The third kappa shape index (κ3) is 3.19. The van der Waals surface area contributed by atoms with Crippen molar-refractivity contribution in [2.24, 2.45) is 4.99 Å². The van der Waals surface area contributed by atoms with Gasteiger partial charge in [0.05, 0.1) is 4.91 Å². The lowest BCUT2D eigenvalue weighted by atomic mass is 10.2. The lowest BCUT2D eigenvalue weighted by Crippen LogP contribution is -2.23. The largest absolute Gasteiger partial charge is 0.504 e. The highest BCUT2D eigenvalue weighted by atomic mass is 32.2. The zero-order chi connectivity index (χ0) is 16.4. The summed E-state index contributed by atoms with van der Waals surface area (Å²) in [5, 5.41) is 19.4. The normalized spacial score (nSPS) is 18.1. The Bertz CT molecular complexity index is 819. The number of pyridine rings is 1. The number of carbonyl (C=O) groups excluding carboxylic acids is 1. The molecule has 2 heterocycles. The van der Waals surface area contributed by atoms with E-state index in [1.54, 1.807) is 37.5 Å². The number of amidine groups is 1. The molecule has 0 bridgehead atoms. The highest BCUT2D eigenvalue weighted by Crippen LogP contribution is 2.34. The van der Waals surface area contributed by atoms with Crippen molar-refractivity contribution in [3.05, 3.63) is 53.1 Å². The first kappa shape index (κ1) is 15.1. The number of phenols is 2. The summed E-state index contributed by atoms with van der Waals surface area (Å²) in [7, 11) is 1.65. The van der Waals surface area contributed by atoms with E-state index >= 15 is 0 Å². The summed E-state index contributed by atoms with van der Waals surface area (Å²) < 4.78 is 0. The molecule has 2 aromatic rings. The molecule has 0 atom stereocenters. The summed E-state index contributed by atoms with van der Waals surface area (Å²) >= 11 is 1.23. The minimum Gasteiger partial charge on any atom is -0.504 e. The van der Waals surface area contributed by atoms with E-state index in [0.717, 1.165) is 0 Å². The number of benzene rings is 1. The molecule has 7 heteroatoms. The van der Waals surface area contributed by atoms with Gasteiger partial charge in [0.1, 0.15) is 0 Å². The fourth-order valence-corrected chi connectivity index (χ4v) is 2.93. The fraction of sp³-hybridized carbons (Fsp3) is 0.0625. The molecular formula is C16H13N3O3S. The van der Waals surface area contributed by atoms with Crippen molar-refractivity contribution >= 4 is 34.7 Å². The molecule has 0 spiro atoms. The predicted octanol–water partition coefficient (Wildman–Crippen LogP) is 2.73. The smallest absolute Gasteiger partial charge is 0.266 e. The van der Waals surface area contributed by atoms with E-state index in [-0.39, 0.29) is 17.4 Å². The minimum absolute atomic E-state index is 0.183. The van der Waals surface area contributed by atoms with Gasteiger partial charge in [-0.3, -0.25) is 9.69 Å². The third-order valence-corrected chi connectivity index (χ3v) is 4.22. The zero-order valence-electron chi connectivity index (χ0n) is 12.2. The number of likely N-dealkylation sites (N-methyl/N-ethyl adjacent to an activating group) is 1. The Labute approximate surface area is 136 Å². The molecule has 1 aliphatic heterocycles. The van der Waals surface area contributed by atoms with Gasteiger partial charge in [-0.05, 0) is 47.7 Å². The topological polar surface area (TPSA) is 86.0 Å². The van der Waals surface area contributed by atoms with Gasteiger partial charge < -0.3 is 10.2 Å². The molecular weight excluding hydrogens is 314 g/mol. The van der Waals surface area contributed by atoms with E-state index < -0.39 is 0 Å². The summed E-state index contributed by atoms with van der Waals surface area (Å²) in [4.78, 5) is 22.7. The average molecular weight is 327 g/mol.